The zero-order chi connectivity index (χ0) is 14.1. The molecule has 0 nitrogen and oxygen atoms in total. The summed E-state index contributed by atoms with van der Waals surface area (Å²) in [5.74, 6) is 0. The molecule has 2 heterocycles. The van der Waals surface area contributed by atoms with Crippen LogP contribution in [0.25, 0.3) is 27.6 Å². The van der Waals surface area contributed by atoms with Crippen LogP contribution in [0.1, 0.15) is 21.9 Å². The van der Waals surface area contributed by atoms with E-state index in [0.717, 1.165) is 15.7 Å². The molecule has 104 valence electrons. The minimum atomic E-state index is 0.302. The summed E-state index contributed by atoms with van der Waals surface area (Å²) < 4.78 is 0.302. The van der Waals surface area contributed by atoms with E-state index in [1.807, 2.05) is 0 Å². The number of rotatable bonds is 0. The van der Waals surface area contributed by atoms with Gasteiger partial charge in [0.15, 0.2) is 0 Å². The van der Waals surface area contributed by atoms with Gasteiger partial charge in [0.2, 0.25) is 0 Å². The molecular weight excluding hydrogens is 304 g/mol. The van der Waals surface area contributed by atoms with Crippen molar-refractivity contribution in [3.63, 3.8) is 0 Å². The zero-order valence-corrected chi connectivity index (χ0v) is 13.4. The summed E-state index contributed by atoms with van der Waals surface area (Å²) in [6.45, 7) is 0. The molecule has 2 heteroatoms. The van der Waals surface area contributed by atoms with Crippen molar-refractivity contribution in [2.75, 3.05) is 0 Å². The summed E-state index contributed by atoms with van der Waals surface area (Å²) in [4.78, 5) is 0. The molecule has 3 aromatic carbocycles. The van der Waals surface area contributed by atoms with E-state index in [9.17, 15) is 0 Å². The lowest BCUT2D eigenvalue weighted by Gasteiger charge is -2.28. The Hall–Kier alpha value is -1.38. The fraction of sp³-hybridized carbons (Fsp3) is 0.200. The SMILES string of the molecule is C1=CC23SC2C2SC2c2c3c3c1cccc3c1ccccc21. The van der Waals surface area contributed by atoms with E-state index in [1.165, 1.54) is 21.7 Å². The third-order valence-corrected chi connectivity index (χ3v) is 9.01. The lowest BCUT2D eigenvalue weighted by atomic mass is 9.74. The second-order valence-electron chi connectivity index (χ2n) is 6.79. The number of fused-ring (bicyclic) bond motifs is 6. The van der Waals surface area contributed by atoms with Crippen molar-refractivity contribution in [3.8, 4) is 0 Å². The third kappa shape index (κ3) is 1.04. The Morgan fingerprint density at radius 2 is 1.77 bits per heavy atom. The van der Waals surface area contributed by atoms with Gasteiger partial charge >= 0.3 is 0 Å². The Morgan fingerprint density at radius 1 is 0.909 bits per heavy atom. The van der Waals surface area contributed by atoms with Gasteiger partial charge in [0.05, 0.1) is 4.75 Å². The molecule has 0 aromatic heterocycles. The van der Waals surface area contributed by atoms with Crippen molar-refractivity contribution < 1.29 is 0 Å². The smallest absolute Gasteiger partial charge is 0.0734 e. The minimum absolute atomic E-state index is 0.302. The Kier molecular flexibility index (Phi) is 1.66. The molecule has 4 atom stereocenters. The number of thioether (sulfide) groups is 2. The van der Waals surface area contributed by atoms with E-state index in [4.69, 9.17) is 0 Å². The zero-order valence-electron chi connectivity index (χ0n) is 11.7. The Morgan fingerprint density at radius 3 is 2.73 bits per heavy atom. The van der Waals surface area contributed by atoms with Gasteiger partial charge in [0.1, 0.15) is 0 Å². The van der Waals surface area contributed by atoms with Crippen molar-refractivity contribution >= 4 is 51.1 Å². The first-order valence-electron chi connectivity index (χ1n) is 7.89. The Labute approximate surface area is 137 Å². The summed E-state index contributed by atoms with van der Waals surface area (Å²) in [6, 6.07) is 15.9. The lowest BCUT2D eigenvalue weighted by Crippen LogP contribution is -2.23. The van der Waals surface area contributed by atoms with Crippen LogP contribution >= 0.6 is 23.5 Å². The molecule has 2 aliphatic carbocycles. The van der Waals surface area contributed by atoms with Gasteiger partial charge in [-0.25, -0.2) is 0 Å². The second-order valence-corrected chi connectivity index (χ2v) is 9.53. The molecule has 0 saturated carbocycles. The first-order chi connectivity index (χ1) is 10.9. The van der Waals surface area contributed by atoms with Gasteiger partial charge in [-0.1, -0.05) is 54.6 Å². The van der Waals surface area contributed by atoms with Gasteiger partial charge in [-0.2, -0.15) is 0 Å². The van der Waals surface area contributed by atoms with Gasteiger partial charge < -0.3 is 0 Å². The van der Waals surface area contributed by atoms with Crippen LogP contribution in [0.15, 0.2) is 48.5 Å². The van der Waals surface area contributed by atoms with Gasteiger partial charge in [-0.05, 0) is 38.2 Å². The molecule has 4 unspecified atom stereocenters. The molecule has 1 spiro atoms. The van der Waals surface area contributed by atoms with Crippen molar-refractivity contribution in [3.05, 3.63) is 65.2 Å². The summed E-state index contributed by atoms with van der Waals surface area (Å²) >= 11 is 4.40. The molecule has 7 rings (SSSR count). The number of benzene rings is 3. The van der Waals surface area contributed by atoms with Gasteiger partial charge in [0.25, 0.3) is 0 Å². The average molecular weight is 316 g/mol. The largest absolute Gasteiger partial charge is 0.146 e. The van der Waals surface area contributed by atoms with E-state index in [2.05, 4.69) is 78.1 Å². The standard InChI is InChI=1S/C20H12S2/c1-2-6-13-11(5-1)12-7-3-4-10-8-9-20-16(14(10)12)15(13)17-18(21-17)19(20)22-20/h1-9,17-19H. The Bertz CT molecular complexity index is 1060. The van der Waals surface area contributed by atoms with E-state index < -0.39 is 0 Å². The van der Waals surface area contributed by atoms with Crippen LogP contribution in [0.4, 0.5) is 0 Å². The molecular formula is C20H12S2. The maximum Gasteiger partial charge on any atom is 0.0734 e. The van der Waals surface area contributed by atoms with Crippen LogP contribution in [0.5, 0.6) is 0 Å². The molecule has 0 N–H and O–H groups in total. The van der Waals surface area contributed by atoms with Crippen LogP contribution in [-0.2, 0) is 4.75 Å². The van der Waals surface area contributed by atoms with Gasteiger partial charge in [-0.15, -0.1) is 23.5 Å². The van der Waals surface area contributed by atoms with Crippen molar-refractivity contribution in [1.29, 1.82) is 0 Å². The summed E-state index contributed by atoms with van der Waals surface area (Å²) in [5, 5.41) is 8.36. The highest BCUT2D eigenvalue weighted by Gasteiger charge is 2.71. The normalized spacial score (nSPS) is 35.4. The molecule has 22 heavy (non-hydrogen) atoms. The molecule has 0 radical (unpaired) electrons. The predicted octanol–water partition coefficient (Wildman–Crippen LogP) is 5.50. The quantitative estimate of drug-likeness (QED) is 0.397. The number of hydrogen-bond acceptors (Lipinski definition) is 2. The van der Waals surface area contributed by atoms with E-state index in [1.54, 1.807) is 16.5 Å². The lowest BCUT2D eigenvalue weighted by molar-refractivity contribution is 0.747. The van der Waals surface area contributed by atoms with E-state index in [-0.39, 0.29) is 0 Å². The van der Waals surface area contributed by atoms with Crippen LogP contribution in [0.2, 0.25) is 0 Å². The Balaban J connectivity index is 1.84. The van der Waals surface area contributed by atoms with Gasteiger partial charge in [0, 0.05) is 15.7 Å². The average Bonchev–Trinajstić information content (AvgIpc) is 3.45. The van der Waals surface area contributed by atoms with Crippen LogP contribution < -0.4 is 0 Å². The van der Waals surface area contributed by atoms with Crippen molar-refractivity contribution in [2.24, 2.45) is 0 Å². The summed E-state index contributed by atoms with van der Waals surface area (Å²) in [5.41, 5.74) is 4.75. The highest BCUT2D eigenvalue weighted by Crippen LogP contribution is 2.81. The second kappa shape index (κ2) is 3.27. The van der Waals surface area contributed by atoms with E-state index in [0.29, 0.717) is 4.75 Å². The minimum Gasteiger partial charge on any atom is -0.146 e. The highest BCUT2D eigenvalue weighted by molar-refractivity contribution is 8.13. The van der Waals surface area contributed by atoms with Crippen molar-refractivity contribution in [1.82, 2.24) is 0 Å². The molecule has 0 amide bonds. The van der Waals surface area contributed by atoms with Crippen molar-refractivity contribution in [2.45, 2.75) is 20.5 Å². The van der Waals surface area contributed by atoms with E-state index >= 15 is 0 Å². The van der Waals surface area contributed by atoms with Crippen LogP contribution in [0, 0.1) is 0 Å². The molecule has 2 fully saturated rings. The first-order valence-corrected chi connectivity index (χ1v) is 9.71. The highest BCUT2D eigenvalue weighted by atomic mass is 32.2. The van der Waals surface area contributed by atoms with Crippen LogP contribution in [0.3, 0.4) is 0 Å². The molecule has 4 aliphatic rings. The summed E-state index contributed by atoms with van der Waals surface area (Å²) in [6.07, 6.45) is 4.89. The molecule has 0 bridgehead atoms. The fourth-order valence-electron chi connectivity index (χ4n) is 4.84. The van der Waals surface area contributed by atoms with Gasteiger partial charge in [-0.3, -0.25) is 0 Å². The maximum absolute atomic E-state index is 2.51. The molecule has 3 aromatic rings. The topological polar surface area (TPSA) is 0 Å². The molecule has 2 saturated heterocycles. The number of hydrogen-bond donors (Lipinski definition) is 0. The third-order valence-electron chi connectivity index (χ3n) is 5.82. The molecule has 2 aliphatic heterocycles. The first kappa shape index (κ1) is 11.2. The fourth-order valence-corrected chi connectivity index (χ4v) is 8.13. The van der Waals surface area contributed by atoms with Crippen LogP contribution in [-0.4, -0.2) is 10.5 Å². The maximum atomic E-state index is 2.51. The monoisotopic (exact) mass is 316 g/mol. The predicted molar refractivity (Wildman–Crippen MR) is 97.7 cm³/mol. The summed E-state index contributed by atoms with van der Waals surface area (Å²) in [7, 11) is 0.